The second-order valence-corrected chi connectivity index (χ2v) is 10.3. The number of carbonyl (C=O) groups is 1. The maximum Gasteiger partial charge on any atom is 0.410 e. The van der Waals surface area contributed by atoms with Crippen molar-refractivity contribution in [1.29, 1.82) is 0 Å². The summed E-state index contributed by atoms with van der Waals surface area (Å²) in [6.07, 6.45) is 5.10. The van der Waals surface area contributed by atoms with E-state index in [1.807, 2.05) is 44.4 Å². The zero-order valence-electron chi connectivity index (χ0n) is 21.1. The Bertz CT molecular complexity index is 813. The molecule has 0 radical (unpaired) electrons. The number of nitrogens with zero attached hydrogens (tertiary/aromatic N) is 5. The lowest BCUT2D eigenvalue weighted by Gasteiger charge is -2.40. The molecule has 1 saturated carbocycles. The van der Waals surface area contributed by atoms with Gasteiger partial charge in [-0.2, -0.15) is 5.10 Å². The molecule has 0 aromatic carbocycles. The Balaban J connectivity index is 1.52. The molecular weight excluding hydrogens is 404 g/mol. The molecule has 0 spiro atoms. The van der Waals surface area contributed by atoms with Crippen molar-refractivity contribution in [2.24, 2.45) is 18.0 Å². The van der Waals surface area contributed by atoms with Crippen molar-refractivity contribution >= 4 is 12.1 Å². The number of aliphatic imine (C=N–C) groups is 1. The first-order valence-corrected chi connectivity index (χ1v) is 12.0. The molecule has 8 nitrogen and oxygen atoms in total. The van der Waals surface area contributed by atoms with Crippen molar-refractivity contribution in [3.8, 4) is 0 Å². The summed E-state index contributed by atoms with van der Waals surface area (Å²) in [7, 11) is 3.83. The largest absolute Gasteiger partial charge is 0.444 e. The molecule has 2 fully saturated rings. The van der Waals surface area contributed by atoms with Gasteiger partial charge in [-0.25, -0.2) is 4.79 Å². The Kier molecular flexibility index (Phi) is 7.72. The van der Waals surface area contributed by atoms with Crippen LogP contribution in [0.2, 0.25) is 0 Å². The Morgan fingerprint density at radius 2 is 1.88 bits per heavy atom. The highest BCUT2D eigenvalue weighted by atomic mass is 16.6. The van der Waals surface area contributed by atoms with E-state index in [0.29, 0.717) is 5.92 Å². The lowest BCUT2D eigenvalue weighted by molar-refractivity contribution is 0.00928. The van der Waals surface area contributed by atoms with Gasteiger partial charge in [0.2, 0.25) is 0 Å². The van der Waals surface area contributed by atoms with Gasteiger partial charge in [-0.1, -0.05) is 0 Å². The second-order valence-electron chi connectivity index (χ2n) is 10.3. The lowest BCUT2D eigenvalue weighted by atomic mass is 10.0. The number of aromatic nitrogens is 2. The monoisotopic (exact) mass is 446 g/mol. The highest BCUT2D eigenvalue weighted by Gasteiger charge is 2.35. The van der Waals surface area contributed by atoms with E-state index >= 15 is 0 Å². The molecule has 1 aliphatic heterocycles. The summed E-state index contributed by atoms with van der Waals surface area (Å²) in [5, 5.41) is 8.04. The number of ether oxygens (including phenoxy) is 1. The van der Waals surface area contributed by atoms with E-state index in [0.717, 1.165) is 57.1 Å². The van der Waals surface area contributed by atoms with Gasteiger partial charge in [-0.3, -0.25) is 9.67 Å². The molecule has 0 atom stereocenters. The molecule has 0 unspecified atom stereocenters. The molecule has 8 heteroatoms. The summed E-state index contributed by atoms with van der Waals surface area (Å²) in [4.78, 5) is 21.7. The van der Waals surface area contributed by atoms with Crippen LogP contribution in [0.4, 0.5) is 4.79 Å². The molecule has 180 valence electrons. The topological polar surface area (TPSA) is 75.0 Å². The van der Waals surface area contributed by atoms with Crippen molar-refractivity contribution in [3.05, 3.63) is 17.0 Å². The van der Waals surface area contributed by atoms with Gasteiger partial charge < -0.3 is 19.9 Å². The first-order valence-electron chi connectivity index (χ1n) is 12.0. The fourth-order valence-electron chi connectivity index (χ4n) is 4.47. The minimum Gasteiger partial charge on any atom is -0.444 e. The van der Waals surface area contributed by atoms with E-state index in [-0.39, 0.29) is 12.1 Å². The average molecular weight is 447 g/mol. The van der Waals surface area contributed by atoms with E-state index in [9.17, 15) is 4.79 Å². The highest BCUT2D eigenvalue weighted by molar-refractivity contribution is 5.80. The van der Waals surface area contributed by atoms with E-state index < -0.39 is 5.60 Å². The van der Waals surface area contributed by atoms with E-state index in [1.54, 1.807) is 0 Å². The number of carbonyl (C=O) groups excluding carboxylic acids is 1. The molecule has 2 aliphatic rings. The highest BCUT2D eigenvalue weighted by Crippen LogP contribution is 2.32. The molecule has 1 aromatic rings. The number of hydrogen-bond donors (Lipinski definition) is 1. The third-order valence-corrected chi connectivity index (χ3v) is 6.51. The molecule has 1 N–H and O–H groups in total. The van der Waals surface area contributed by atoms with Crippen LogP contribution in [-0.2, 0) is 18.2 Å². The third kappa shape index (κ3) is 6.39. The maximum absolute atomic E-state index is 12.9. The average Bonchev–Trinajstić information content (AvgIpc) is 3.51. The SMILES string of the molecule is CN=C(NCCc1c(C)nn(C)c1C)N1CCC(N(CC2CC2)C(=O)OC(C)(C)C)CC1. The van der Waals surface area contributed by atoms with Crippen LogP contribution in [0.5, 0.6) is 0 Å². The van der Waals surface area contributed by atoms with Gasteiger partial charge in [0.1, 0.15) is 5.60 Å². The zero-order chi connectivity index (χ0) is 23.5. The summed E-state index contributed by atoms with van der Waals surface area (Å²) in [5.74, 6) is 1.59. The minimum absolute atomic E-state index is 0.160. The number of likely N-dealkylation sites (tertiary alicyclic amines) is 1. The molecule has 1 saturated heterocycles. The van der Waals surface area contributed by atoms with Crippen molar-refractivity contribution < 1.29 is 9.53 Å². The van der Waals surface area contributed by atoms with Crippen molar-refractivity contribution in [2.45, 2.75) is 78.4 Å². The van der Waals surface area contributed by atoms with Gasteiger partial charge >= 0.3 is 6.09 Å². The van der Waals surface area contributed by atoms with E-state index in [1.165, 1.54) is 24.1 Å². The number of piperidine rings is 1. The van der Waals surface area contributed by atoms with Crippen molar-refractivity contribution in [1.82, 2.24) is 24.9 Å². The summed E-state index contributed by atoms with van der Waals surface area (Å²) in [6, 6.07) is 0.237. The van der Waals surface area contributed by atoms with Crippen LogP contribution < -0.4 is 5.32 Å². The Morgan fingerprint density at radius 3 is 2.38 bits per heavy atom. The van der Waals surface area contributed by atoms with Gasteiger partial charge in [-0.15, -0.1) is 0 Å². The Hall–Kier alpha value is -2.25. The number of rotatable bonds is 6. The Morgan fingerprint density at radius 1 is 1.22 bits per heavy atom. The van der Waals surface area contributed by atoms with Crippen LogP contribution in [0.15, 0.2) is 4.99 Å². The number of guanidine groups is 1. The predicted octanol–water partition coefficient (Wildman–Crippen LogP) is 3.27. The van der Waals surface area contributed by atoms with Crippen LogP contribution in [0.25, 0.3) is 0 Å². The van der Waals surface area contributed by atoms with Crippen LogP contribution in [0.3, 0.4) is 0 Å². The van der Waals surface area contributed by atoms with Gasteiger partial charge in [0.25, 0.3) is 0 Å². The van der Waals surface area contributed by atoms with Crippen molar-refractivity contribution in [2.75, 3.05) is 33.2 Å². The van der Waals surface area contributed by atoms with Crippen LogP contribution in [0.1, 0.15) is 63.4 Å². The Labute approximate surface area is 193 Å². The van der Waals surface area contributed by atoms with E-state index in [4.69, 9.17) is 4.74 Å². The van der Waals surface area contributed by atoms with Crippen LogP contribution >= 0.6 is 0 Å². The fraction of sp³-hybridized carbons (Fsp3) is 0.792. The summed E-state index contributed by atoms with van der Waals surface area (Å²) >= 11 is 0. The predicted molar refractivity (Wildman–Crippen MR) is 128 cm³/mol. The van der Waals surface area contributed by atoms with Gasteiger partial charge in [-0.05, 0) is 78.2 Å². The minimum atomic E-state index is -0.462. The number of aryl methyl sites for hydroxylation is 2. The van der Waals surface area contributed by atoms with Gasteiger partial charge in [0.05, 0.1) is 5.69 Å². The van der Waals surface area contributed by atoms with Crippen molar-refractivity contribution in [3.63, 3.8) is 0 Å². The molecule has 1 aromatic heterocycles. The summed E-state index contributed by atoms with van der Waals surface area (Å²) in [5.41, 5.74) is 3.16. The quantitative estimate of drug-likeness (QED) is 0.536. The molecule has 3 rings (SSSR count). The van der Waals surface area contributed by atoms with Gasteiger partial charge in [0.15, 0.2) is 5.96 Å². The van der Waals surface area contributed by atoms with Gasteiger partial charge in [0, 0.05) is 52.0 Å². The number of nitrogens with one attached hydrogen (secondary N) is 1. The zero-order valence-corrected chi connectivity index (χ0v) is 21.1. The number of amides is 1. The van der Waals surface area contributed by atoms with Crippen LogP contribution in [0, 0.1) is 19.8 Å². The summed E-state index contributed by atoms with van der Waals surface area (Å²) < 4.78 is 7.67. The first-order chi connectivity index (χ1) is 15.1. The molecular formula is C24H42N6O2. The molecule has 1 aliphatic carbocycles. The molecule has 32 heavy (non-hydrogen) atoms. The number of hydrogen-bond acceptors (Lipinski definition) is 4. The normalized spacial score (nSPS) is 18.1. The second kappa shape index (κ2) is 10.1. The van der Waals surface area contributed by atoms with Crippen LogP contribution in [-0.4, -0.2) is 76.5 Å². The third-order valence-electron chi connectivity index (χ3n) is 6.51. The summed E-state index contributed by atoms with van der Waals surface area (Å²) in [6.45, 7) is 13.4. The fourth-order valence-corrected chi connectivity index (χ4v) is 4.47. The smallest absolute Gasteiger partial charge is 0.410 e. The first kappa shape index (κ1) is 24.4. The molecule has 2 heterocycles. The molecule has 1 amide bonds. The lowest BCUT2D eigenvalue weighted by Crippen LogP contribution is -2.52. The maximum atomic E-state index is 12.9. The van der Waals surface area contributed by atoms with E-state index in [2.05, 4.69) is 34.2 Å². The standard InChI is InChI=1S/C24H42N6O2/c1-17-21(18(2)28(7)27-17)10-13-26-22(25-6)29-14-11-20(12-15-29)30(16-19-8-9-19)23(31)32-24(3,4)5/h19-20H,8-16H2,1-7H3,(H,25,26). The molecule has 0 bridgehead atoms.